The number of carbonyl (C=O) groups is 3. The number of phenols is 1. The Morgan fingerprint density at radius 3 is 2.24 bits per heavy atom. The maximum absolute atomic E-state index is 13.6. The van der Waals surface area contributed by atoms with E-state index in [1.807, 2.05) is 6.92 Å². The number of nitrogens with two attached hydrogens (primary N) is 1. The number of aromatic hydroxyl groups is 1. The van der Waals surface area contributed by atoms with Gasteiger partial charge >= 0.3 is 5.97 Å². The Morgan fingerprint density at radius 2 is 1.66 bits per heavy atom. The number of rotatable bonds is 11. The summed E-state index contributed by atoms with van der Waals surface area (Å²) in [6.07, 6.45) is 2.11. The normalized spacial score (nSPS) is 15.3. The summed E-state index contributed by atoms with van der Waals surface area (Å²) >= 11 is 0. The van der Waals surface area contributed by atoms with Gasteiger partial charge in [-0.3, -0.25) is 14.6 Å². The van der Waals surface area contributed by atoms with Gasteiger partial charge in [-0.1, -0.05) is 31.2 Å². The largest absolute Gasteiger partial charge is 0.508 e. The van der Waals surface area contributed by atoms with Crippen molar-refractivity contribution >= 4 is 23.6 Å². The molecule has 0 spiro atoms. The molecule has 2 aromatic carbocycles. The average Bonchev–Trinajstić information content (AvgIpc) is 2.94. The number of benzene rings is 2. The van der Waals surface area contributed by atoms with Crippen molar-refractivity contribution in [2.24, 2.45) is 10.7 Å². The molecular formula is C31H42N4O6. The Labute approximate surface area is 241 Å². The second-order valence-corrected chi connectivity index (χ2v) is 11.2. The molecule has 3 rings (SSSR count). The first-order valence-corrected chi connectivity index (χ1v) is 14.1. The number of amides is 2. The zero-order valence-corrected chi connectivity index (χ0v) is 24.4. The van der Waals surface area contributed by atoms with E-state index in [-0.39, 0.29) is 36.7 Å². The molecule has 1 heterocycles. The summed E-state index contributed by atoms with van der Waals surface area (Å²) in [7, 11) is 0. The molecular weight excluding hydrogens is 524 g/mol. The fourth-order valence-corrected chi connectivity index (χ4v) is 4.45. The van der Waals surface area contributed by atoms with Crippen molar-refractivity contribution in [2.45, 2.75) is 71.1 Å². The van der Waals surface area contributed by atoms with Crippen LogP contribution in [0.1, 0.15) is 68.4 Å². The second-order valence-electron chi connectivity index (χ2n) is 11.2. The van der Waals surface area contributed by atoms with Crippen LogP contribution < -0.4 is 11.1 Å². The fourth-order valence-electron chi connectivity index (χ4n) is 4.45. The lowest BCUT2D eigenvalue weighted by Gasteiger charge is -2.34. The molecule has 2 aromatic rings. The van der Waals surface area contributed by atoms with E-state index in [0.29, 0.717) is 43.9 Å². The molecule has 0 saturated carbocycles. The van der Waals surface area contributed by atoms with Crippen LogP contribution in [0.3, 0.4) is 0 Å². The Hall–Kier alpha value is -3.92. The molecule has 1 atom stereocenters. The van der Waals surface area contributed by atoms with Gasteiger partial charge < -0.3 is 30.5 Å². The molecule has 41 heavy (non-hydrogen) atoms. The van der Waals surface area contributed by atoms with Gasteiger partial charge in [0.25, 0.3) is 5.91 Å². The number of nitrogens with zero attached hydrogens (tertiary/aromatic N) is 2. The van der Waals surface area contributed by atoms with Crippen molar-refractivity contribution in [3.63, 3.8) is 0 Å². The minimum atomic E-state index is -0.817. The van der Waals surface area contributed by atoms with E-state index in [0.717, 1.165) is 17.5 Å². The predicted molar refractivity (Wildman–Crippen MR) is 157 cm³/mol. The third-order valence-corrected chi connectivity index (χ3v) is 6.54. The molecule has 1 aliphatic heterocycles. The molecule has 1 fully saturated rings. The number of aliphatic imine (C=N–C) groups is 1. The van der Waals surface area contributed by atoms with Crippen molar-refractivity contribution in [2.75, 3.05) is 26.2 Å². The smallest absolute Gasteiger partial charge is 0.332 e. The number of hydrogen-bond acceptors (Lipinski definition) is 7. The van der Waals surface area contributed by atoms with Crippen LogP contribution in [0.25, 0.3) is 0 Å². The molecule has 10 heteroatoms. The maximum Gasteiger partial charge on any atom is 0.332 e. The van der Waals surface area contributed by atoms with Gasteiger partial charge in [-0.15, -0.1) is 0 Å². The monoisotopic (exact) mass is 566 g/mol. The van der Waals surface area contributed by atoms with Crippen molar-refractivity contribution in [1.82, 2.24) is 10.2 Å². The first-order chi connectivity index (χ1) is 19.4. The first-order valence-electron chi connectivity index (χ1n) is 14.1. The highest BCUT2D eigenvalue weighted by Crippen LogP contribution is 2.18. The number of piperidine rings is 1. The Morgan fingerprint density at radius 1 is 1.05 bits per heavy atom. The molecule has 0 radical (unpaired) electrons. The number of likely N-dealkylation sites (tertiary alicyclic amines) is 1. The van der Waals surface area contributed by atoms with Crippen LogP contribution in [0.4, 0.5) is 0 Å². The highest BCUT2D eigenvalue weighted by atomic mass is 16.6. The Kier molecular flexibility index (Phi) is 11.3. The lowest BCUT2D eigenvalue weighted by Crippen LogP contribution is -2.52. The highest BCUT2D eigenvalue weighted by Gasteiger charge is 2.30. The summed E-state index contributed by atoms with van der Waals surface area (Å²) < 4.78 is 11.0. The molecule has 4 N–H and O–H groups in total. The zero-order valence-electron chi connectivity index (χ0n) is 24.4. The van der Waals surface area contributed by atoms with Gasteiger partial charge in [0, 0.05) is 37.2 Å². The third-order valence-electron chi connectivity index (χ3n) is 6.54. The minimum Gasteiger partial charge on any atom is -0.508 e. The lowest BCUT2D eigenvalue weighted by molar-refractivity contribution is -0.163. The third kappa shape index (κ3) is 10.2. The predicted octanol–water partition coefficient (Wildman–Crippen LogP) is 3.20. The summed E-state index contributed by atoms with van der Waals surface area (Å²) in [5, 5.41) is 12.6. The van der Waals surface area contributed by atoms with Gasteiger partial charge in [0.2, 0.25) is 5.91 Å². The molecule has 0 unspecified atom stereocenters. The van der Waals surface area contributed by atoms with Gasteiger partial charge in [0.1, 0.15) is 29.8 Å². The zero-order chi connectivity index (χ0) is 30.0. The van der Waals surface area contributed by atoms with Gasteiger partial charge in [0.15, 0.2) is 0 Å². The first kappa shape index (κ1) is 31.6. The highest BCUT2D eigenvalue weighted by molar-refractivity contribution is 6.00. The van der Waals surface area contributed by atoms with Crippen LogP contribution in [0.5, 0.6) is 5.75 Å². The van der Waals surface area contributed by atoms with E-state index < -0.39 is 17.6 Å². The summed E-state index contributed by atoms with van der Waals surface area (Å²) in [5.41, 5.74) is 7.37. The number of esters is 1. The van der Waals surface area contributed by atoms with E-state index in [1.165, 1.54) is 0 Å². The maximum atomic E-state index is 13.6. The molecule has 1 saturated heterocycles. The standard InChI is InChI=1S/C31H42N4O6/c1-5-16-33-28(32)22-8-10-23(11-9-22)29(38)34-26(19-21-6-12-24(36)13-7-21)30(39)35-17-14-25(15-18-35)40-20-27(37)41-31(2,3)4/h6-13,25-26,36H,5,14-20H2,1-4H3,(H2,32,33)(H,34,38)/t26-/m0/s1. The van der Waals surface area contributed by atoms with Crippen molar-refractivity contribution in [3.8, 4) is 5.75 Å². The van der Waals surface area contributed by atoms with Crippen LogP contribution in [-0.4, -0.2) is 77.6 Å². The number of carbonyl (C=O) groups excluding carboxylic acids is 3. The molecule has 0 aromatic heterocycles. The van der Waals surface area contributed by atoms with E-state index in [4.69, 9.17) is 15.2 Å². The van der Waals surface area contributed by atoms with Crippen LogP contribution >= 0.6 is 0 Å². The van der Waals surface area contributed by atoms with Crippen molar-refractivity contribution < 1.29 is 29.0 Å². The van der Waals surface area contributed by atoms with Gasteiger partial charge in [-0.2, -0.15) is 0 Å². The SMILES string of the molecule is CCCN=C(N)c1ccc(C(=O)N[C@@H](Cc2ccc(O)cc2)C(=O)N2CCC(OCC(=O)OC(C)(C)C)CC2)cc1. The molecule has 1 aliphatic rings. The van der Waals surface area contributed by atoms with Gasteiger partial charge in [-0.25, -0.2) is 4.79 Å². The fraction of sp³-hybridized carbons (Fsp3) is 0.484. The average molecular weight is 567 g/mol. The molecule has 10 nitrogen and oxygen atoms in total. The van der Waals surface area contributed by atoms with Crippen LogP contribution in [-0.2, 0) is 25.5 Å². The van der Waals surface area contributed by atoms with E-state index in [1.54, 1.807) is 74.2 Å². The summed E-state index contributed by atoms with van der Waals surface area (Å²) in [4.78, 5) is 44.8. The van der Waals surface area contributed by atoms with E-state index in [9.17, 15) is 19.5 Å². The van der Waals surface area contributed by atoms with E-state index in [2.05, 4.69) is 10.3 Å². The van der Waals surface area contributed by atoms with Gasteiger partial charge in [-0.05, 0) is 69.9 Å². The van der Waals surface area contributed by atoms with Gasteiger partial charge in [0.05, 0.1) is 6.10 Å². The minimum absolute atomic E-state index is 0.121. The van der Waals surface area contributed by atoms with Crippen LogP contribution in [0.15, 0.2) is 53.5 Å². The van der Waals surface area contributed by atoms with Crippen LogP contribution in [0.2, 0.25) is 0 Å². The molecule has 2 amide bonds. The second kappa shape index (κ2) is 14.6. The molecule has 0 bridgehead atoms. The number of hydrogen-bond donors (Lipinski definition) is 3. The van der Waals surface area contributed by atoms with Crippen molar-refractivity contribution in [3.05, 3.63) is 65.2 Å². The van der Waals surface area contributed by atoms with Crippen molar-refractivity contribution in [1.29, 1.82) is 0 Å². The number of ether oxygens (including phenoxy) is 2. The number of amidine groups is 1. The summed E-state index contributed by atoms with van der Waals surface area (Å²) in [6, 6.07) is 12.5. The molecule has 0 aliphatic carbocycles. The number of phenolic OH excluding ortho intramolecular Hbond substituents is 1. The Bertz CT molecular complexity index is 1200. The van der Waals surface area contributed by atoms with E-state index >= 15 is 0 Å². The Balaban J connectivity index is 1.65. The summed E-state index contributed by atoms with van der Waals surface area (Å²) in [6.45, 7) is 8.79. The lowest BCUT2D eigenvalue weighted by atomic mass is 10.0. The van der Waals surface area contributed by atoms with Crippen LogP contribution in [0, 0.1) is 0 Å². The molecule has 222 valence electrons. The number of nitrogens with one attached hydrogen (secondary N) is 1. The summed E-state index contributed by atoms with van der Waals surface area (Å²) in [5.74, 6) is -0.469. The quantitative estimate of drug-likeness (QED) is 0.215. The topological polar surface area (TPSA) is 144 Å².